The van der Waals surface area contributed by atoms with E-state index in [1.807, 2.05) is 4.90 Å². The van der Waals surface area contributed by atoms with Crippen LogP contribution in [0.3, 0.4) is 0 Å². The van der Waals surface area contributed by atoms with E-state index in [4.69, 9.17) is 4.74 Å². The van der Waals surface area contributed by atoms with Crippen LogP contribution < -0.4 is 5.32 Å². The second-order valence-corrected chi connectivity index (χ2v) is 7.00. The normalized spacial score (nSPS) is 36.4. The van der Waals surface area contributed by atoms with Crippen LogP contribution in [0, 0.1) is 11.3 Å². The summed E-state index contributed by atoms with van der Waals surface area (Å²) >= 11 is 0. The molecular weight excluding hydrogens is 256 g/mol. The number of carbonyl (C=O) groups is 1. The number of aliphatic hydroxyl groups is 1. The number of likely N-dealkylation sites (tertiary alicyclic amines) is 1. The first-order chi connectivity index (χ1) is 9.34. The van der Waals surface area contributed by atoms with Gasteiger partial charge in [0.2, 0.25) is 0 Å². The lowest BCUT2D eigenvalue weighted by atomic mass is 9.56. The van der Waals surface area contributed by atoms with Gasteiger partial charge in [0.1, 0.15) is 0 Å². The van der Waals surface area contributed by atoms with Gasteiger partial charge in [-0.05, 0) is 32.1 Å². The Morgan fingerprint density at radius 2 is 2.15 bits per heavy atom. The number of hydrogen-bond donors (Lipinski definition) is 2. The van der Waals surface area contributed by atoms with Gasteiger partial charge in [-0.15, -0.1) is 0 Å². The number of amides is 2. The van der Waals surface area contributed by atoms with E-state index in [-0.39, 0.29) is 35.6 Å². The van der Waals surface area contributed by atoms with Gasteiger partial charge >= 0.3 is 6.03 Å². The molecule has 2 N–H and O–H groups in total. The molecule has 116 valence electrons. The molecule has 2 aliphatic rings. The van der Waals surface area contributed by atoms with E-state index in [9.17, 15) is 9.90 Å². The van der Waals surface area contributed by atoms with Crippen LogP contribution in [0.4, 0.5) is 4.79 Å². The highest BCUT2D eigenvalue weighted by Gasteiger charge is 2.58. The molecule has 0 aromatic heterocycles. The zero-order valence-corrected chi connectivity index (χ0v) is 13.1. The standard InChI is InChI=1S/C15H28N2O3/c1-14(2)12(8-15(14,3)20-4)16-13(19)17-7-5-6-11(9-17)10-18/h11-12,18H,5-10H2,1-4H3,(H,16,19)/t11-,12+,15-/m1/s1. The molecule has 0 radical (unpaired) electrons. The van der Waals surface area contributed by atoms with E-state index in [2.05, 4.69) is 26.1 Å². The maximum atomic E-state index is 12.3. The molecular formula is C15H28N2O3. The van der Waals surface area contributed by atoms with Crippen LogP contribution in [0.1, 0.15) is 40.0 Å². The lowest BCUT2D eigenvalue weighted by molar-refractivity contribution is -0.177. The fraction of sp³-hybridized carbons (Fsp3) is 0.933. The summed E-state index contributed by atoms with van der Waals surface area (Å²) < 4.78 is 5.58. The van der Waals surface area contributed by atoms with E-state index < -0.39 is 0 Å². The molecule has 1 saturated carbocycles. The van der Waals surface area contributed by atoms with Crippen molar-refractivity contribution in [3.63, 3.8) is 0 Å². The number of methoxy groups -OCH3 is 1. The highest BCUT2D eigenvalue weighted by molar-refractivity contribution is 5.75. The van der Waals surface area contributed by atoms with Gasteiger partial charge in [-0.2, -0.15) is 0 Å². The lowest BCUT2D eigenvalue weighted by Crippen LogP contribution is -2.69. The van der Waals surface area contributed by atoms with Crippen LogP contribution in [0.5, 0.6) is 0 Å². The molecule has 20 heavy (non-hydrogen) atoms. The largest absolute Gasteiger partial charge is 0.396 e. The summed E-state index contributed by atoms with van der Waals surface area (Å²) in [6.07, 6.45) is 2.83. The minimum Gasteiger partial charge on any atom is -0.396 e. The van der Waals surface area contributed by atoms with E-state index in [1.54, 1.807) is 7.11 Å². The van der Waals surface area contributed by atoms with Crippen LogP contribution in [-0.2, 0) is 4.74 Å². The minimum atomic E-state index is -0.166. The van der Waals surface area contributed by atoms with Gasteiger partial charge in [0.15, 0.2) is 0 Å². The lowest BCUT2D eigenvalue weighted by Gasteiger charge is -2.59. The summed E-state index contributed by atoms with van der Waals surface area (Å²) in [5, 5.41) is 12.4. The van der Waals surface area contributed by atoms with Gasteiger partial charge in [0.05, 0.1) is 5.60 Å². The van der Waals surface area contributed by atoms with Gasteiger partial charge in [-0.3, -0.25) is 0 Å². The van der Waals surface area contributed by atoms with Crippen molar-refractivity contribution in [2.45, 2.75) is 51.7 Å². The van der Waals surface area contributed by atoms with Crippen molar-refractivity contribution >= 4 is 6.03 Å². The molecule has 0 aromatic carbocycles. The Bertz CT molecular complexity index is 372. The molecule has 2 fully saturated rings. The number of nitrogens with zero attached hydrogens (tertiary/aromatic N) is 1. The van der Waals surface area contributed by atoms with Crippen molar-refractivity contribution in [2.24, 2.45) is 11.3 Å². The number of ether oxygens (including phenoxy) is 1. The van der Waals surface area contributed by atoms with Crippen molar-refractivity contribution in [3.05, 3.63) is 0 Å². The van der Waals surface area contributed by atoms with Crippen LogP contribution in [0.25, 0.3) is 0 Å². The Labute approximate surface area is 121 Å². The second kappa shape index (κ2) is 5.53. The Kier molecular flexibility index (Phi) is 4.30. The molecule has 0 unspecified atom stereocenters. The monoisotopic (exact) mass is 284 g/mol. The number of piperidine rings is 1. The molecule has 1 aliphatic heterocycles. The summed E-state index contributed by atoms with van der Waals surface area (Å²) in [5.41, 5.74) is -0.232. The zero-order valence-electron chi connectivity index (χ0n) is 13.1. The maximum Gasteiger partial charge on any atom is 0.317 e. The van der Waals surface area contributed by atoms with Gasteiger partial charge in [-0.25, -0.2) is 4.79 Å². The van der Waals surface area contributed by atoms with E-state index in [0.29, 0.717) is 6.54 Å². The molecule has 2 rings (SSSR count). The third kappa shape index (κ3) is 2.53. The van der Waals surface area contributed by atoms with Crippen LogP contribution in [0.2, 0.25) is 0 Å². The van der Waals surface area contributed by atoms with Crippen LogP contribution >= 0.6 is 0 Å². The Morgan fingerprint density at radius 3 is 2.70 bits per heavy atom. The fourth-order valence-electron chi connectivity index (χ4n) is 3.36. The molecule has 5 heteroatoms. The molecule has 2 amide bonds. The molecule has 5 nitrogen and oxygen atoms in total. The van der Waals surface area contributed by atoms with E-state index in [1.165, 1.54) is 0 Å². The third-order valence-electron chi connectivity index (χ3n) is 5.64. The summed E-state index contributed by atoms with van der Waals surface area (Å²) in [4.78, 5) is 14.2. The number of rotatable bonds is 3. The van der Waals surface area contributed by atoms with Crippen LogP contribution in [-0.4, -0.2) is 54.5 Å². The Morgan fingerprint density at radius 1 is 1.45 bits per heavy atom. The smallest absolute Gasteiger partial charge is 0.317 e. The zero-order chi connectivity index (χ0) is 15.0. The predicted molar refractivity (Wildman–Crippen MR) is 77.5 cm³/mol. The Hall–Kier alpha value is -0.810. The average molecular weight is 284 g/mol. The average Bonchev–Trinajstić information content (AvgIpc) is 2.46. The van der Waals surface area contributed by atoms with Crippen molar-refractivity contribution in [1.82, 2.24) is 10.2 Å². The summed E-state index contributed by atoms with van der Waals surface area (Å²) in [5.74, 6) is 0.230. The first-order valence-electron chi connectivity index (χ1n) is 7.55. The first kappa shape index (κ1) is 15.6. The molecule has 3 atom stereocenters. The number of carbonyl (C=O) groups excluding carboxylic acids is 1. The third-order valence-corrected chi connectivity index (χ3v) is 5.64. The van der Waals surface area contributed by atoms with Crippen molar-refractivity contribution in [1.29, 1.82) is 0 Å². The quantitative estimate of drug-likeness (QED) is 0.827. The van der Waals surface area contributed by atoms with Gasteiger partial charge in [-0.1, -0.05) is 13.8 Å². The topological polar surface area (TPSA) is 61.8 Å². The number of nitrogens with one attached hydrogen (secondary N) is 1. The molecule has 1 heterocycles. The Balaban J connectivity index is 1.90. The van der Waals surface area contributed by atoms with Gasteiger partial charge in [0.25, 0.3) is 0 Å². The van der Waals surface area contributed by atoms with E-state index >= 15 is 0 Å². The number of urea groups is 1. The molecule has 0 spiro atoms. The van der Waals surface area contributed by atoms with E-state index in [0.717, 1.165) is 25.8 Å². The van der Waals surface area contributed by atoms with Gasteiger partial charge < -0.3 is 20.1 Å². The summed E-state index contributed by atoms with van der Waals surface area (Å²) in [6.45, 7) is 7.99. The number of hydrogen-bond acceptors (Lipinski definition) is 3. The second-order valence-electron chi connectivity index (χ2n) is 7.00. The molecule has 1 aliphatic carbocycles. The van der Waals surface area contributed by atoms with Crippen LogP contribution in [0.15, 0.2) is 0 Å². The predicted octanol–water partition coefficient (Wildman–Crippen LogP) is 1.60. The fourth-order valence-corrected chi connectivity index (χ4v) is 3.36. The highest BCUT2D eigenvalue weighted by atomic mass is 16.5. The summed E-state index contributed by atoms with van der Waals surface area (Å²) in [6, 6.07) is 0.147. The van der Waals surface area contributed by atoms with Crippen molar-refractivity contribution in [2.75, 3.05) is 26.8 Å². The highest BCUT2D eigenvalue weighted by Crippen LogP contribution is 2.51. The molecule has 0 aromatic rings. The van der Waals surface area contributed by atoms with Crippen molar-refractivity contribution < 1.29 is 14.6 Å². The first-order valence-corrected chi connectivity index (χ1v) is 7.55. The SMILES string of the molecule is CO[C@]1(C)C[C@H](NC(=O)N2CCC[C@@H](CO)C2)C1(C)C. The molecule has 0 bridgehead atoms. The maximum absolute atomic E-state index is 12.3. The minimum absolute atomic E-state index is 0.000576. The number of aliphatic hydroxyl groups excluding tert-OH is 1. The van der Waals surface area contributed by atoms with Crippen molar-refractivity contribution in [3.8, 4) is 0 Å². The van der Waals surface area contributed by atoms with Gasteiger partial charge in [0, 0.05) is 38.3 Å². The molecule has 1 saturated heterocycles. The summed E-state index contributed by atoms with van der Waals surface area (Å²) in [7, 11) is 1.73.